The summed E-state index contributed by atoms with van der Waals surface area (Å²) in [4.78, 5) is 23.9. The summed E-state index contributed by atoms with van der Waals surface area (Å²) in [6.07, 6.45) is 10.7. The lowest BCUT2D eigenvalue weighted by molar-refractivity contribution is 0.0653. The first-order valence-electron chi connectivity index (χ1n) is 9.75. The fourth-order valence-electron chi connectivity index (χ4n) is 2.73. The maximum absolute atomic E-state index is 12.1. The second-order valence-corrected chi connectivity index (χ2v) is 6.67. The summed E-state index contributed by atoms with van der Waals surface area (Å²) in [5.41, 5.74) is -0.189. The molecule has 2 amide bonds. The number of amides is 2. The lowest BCUT2D eigenvalue weighted by Gasteiger charge is -2.15. The maximum atomic E-state index is 12.1. The van der Waals surface area contributed by atoms with Crippen molar-refractivity contribution < 1.29 is 24.5 Å². The molecule has 0 spiro atoms. The van der Waals surface area contributed by atoms with Crippen LogP contribution in [-0.4, -0.2) is 33.8 Å². The monoisotopic (exact) mass is 380 g/mol. The largest absolute Gasteiger partial charge is 0.508 e. The number of rotatable bonds is 12. The third kappa shape index (κ3) is 8.77. The van der Waals surface area contributed by atoms with E-state index in [2.05, 4.69) is 6.92 Å². The number of phenolic OH excluding ortho intramolecular Hbond substituents is 2. The summed E-state index contributed by atoms with van der Waals surface area (Å²) in [5.74, 6) is 3.91. The molecule has 0 atom stereocenters. The van der Waals surface area contributed by atoms with Crippen LogP contribution in [0.1, 0.15) is 81.5 Å². The topological polar surface area (TPSA) is 113 Å². The van der Waals surface area contributed by atoms with Crippen molar-refractivity contribution in [3.8, 4) is 11.5 Å². The highest BCUT2D eigenvalue weighted by atomic mass is 16.6. The zero-order chi connectivity index (χ0) is 20.1. The number of benzene rings is 1. The zero-order valence-corrected chi connectivity index (χ0v) is 16.2. The Balaban J connectivity index is 2.16. The molecule has 0 aliphatic carbocycles. The van der Waals surface area contributed by atoms with Crippen LogP contribution in [0, 0.1) is 0 Å². The highest BCUT2D eigenvalue weighted by Crippen LogP contribution is 2.23. The van der Waals surface area contributed by atoms with Crippen LogP contribution in [0.5, 0.6) is 11.5 Å². The average Bonchev–Trinajstić information content (AvgIpc) is 2.64. The molecule has 1 aromatic carbocycles. The predicted molar refractivity (Wildman–Crippen MR) is 103 cm³/mol. The van der Waals surface area contributed by atoms with Gasteiger partial charge in [-0.1, -0.05) is 64.7 Å². The summed E-state index contributed by atoms with van der Waals surface area (Å²) < 4.78 is 4.99. The van der Waals surface area contributed by atoms with E-state index >= 15 is 0 Å². The average molecular weight is 380 g/mol. The molecule has 0 heterocycles. The molecule has 0 saturated heterocycles. The number of phenols is 2. The quantitative estimate of drug-likeness (QED) is 0.213. The van der Waals surface area contributed by atoms with E-state index in [0.29, 0.717) is 11.4 Å². The minimum atomic E-state index is -0.969. The number of hydrogen-bond donors (Lipinski definition) is 3. The van der Waals surface area contributed by atoms with Crippen molar-refractivity contribution in [2.75, 3.05) is 6.61 Å². The molecule has 0 aromatic heterocycles. The molecular weight excluding hydrogens is 348 g/mol. The number of hydrogen-bond acceptors (Lipinski definition) is 6. The summed E-state index contributed by atoms with van der Waals surface area (Å²) in [5, 5.41) is 19.2. The van der Waals surface area contributed by atoms with Gasteiger partial charge in [-0.25, -0.2) is 10.6 Å². The van der Waals surface area contributed by atoms with E-state index in [9.17, 15) is 19.8 Å². The minimum Gasteiger partial charge on any atom is -0.508 e. The molecule has 27 heavy (non-hydrogen) atoms. The van der Waals surface area contributed by atoms with Crippen LogP contribution >= 0.6 is 0 Å². The number of hydrazine groups is 1. The van der Waals surface area contributed by atoms with Gasteiger partial charge in [0.25, 0.3) is 5.91 Å². The Morgan fingerprint density at radius 2 is 1.52 bits per heavy atom. The fraction of sp³-hybridized carbons (Fsp3) is 0.600. The lowest BCUT2D eigenvalue weighted by atomic mass is 10.1. The van der Waals surface area contributed by atoms with Crippen LogP contribution in [-0.2, 0) is 4.74 Å². The van der Waals surface area contributed by atoms with Crippen LogP contribution in [0.4, 0.5) is 4.79 Å². The van der Waals surface area contributed by atoms with Gasteiger partial charge < -0.3 is 14.9 Å². The van der Waals surface area contributed by atoms with Crippen molar-refractivity contribution >= 4 is 12.0 Å². The van der Waals surface area contributed by atoms with Crippen LogP contribution in [0.15, 0.2) is 18.2 Å². The molecule has 0 aliphatic heterocycles. The number of nitrogens with two attached hydrogens (primary N) is 1. The highest BCUT2D eigenvalue weighted by Gasteiger charge is 2.23. The van der Waals surface area contributed by atoms with Crippen molar-refractivity contribution in [2.24, 2.45) is 5.84 Å². The number of unbranched alkanes of at least 4 members (excludes halogenated alkanes) is 9. The van der Waals surface area contributed by atoms with E-state index in [4.69, 9.17) is 10.6 Å². The van der Waals surface area contributed by atoms with E-state index < -0.39 is 17.7 Å². The number of carbonyl (C=O) groups is 2. The van der Waals surface area contributed by atoms with Gasteiger partial charge in [0.1, 0.15) is 11.5 Å². The summed E-state index contributed by atoms with van der Waals surface area (Å²) in [7, 11) is 0. The Bertz CT molecular complexity index is 592. The van der Waals surface area contributed by atoms with Crippen molar-refractivity contribution in [1.82, 2.24) is 5.01 Å². The van der Waals surface area contributed by atoms with Crippen molar-refractivity contribution in [3.05, 3.63) is 23.8 Å². The zero-order valence-electron chi connectivity index (χ0n) is 16.2. The normalized spacial score (nSPS) is 10.6. The Morgan fingerprint density at radius 1 is 0.963 bits per heavy atom. The van der Waals surface area contributed by atoms with E-state index in [1.54, 1.807) is 0 Å². The number of ether oxygens (including phenoxy) is 1. The van der Waals surface area contributed by atoms with Gasteiger partial charge in [0.15, 0.2) is 0 Å². The van der Waals surface area contributed by atoms with E-state index in [1.807, 2.05) is 0 Å². The van der Waals surface area contributed by atoms with Gasteiger partial charge in [0, 0.05) is 6.07 Å². The fourth-order valence-corrected chi connectivity index (χ4v) is 2.73. The molecule has 0 unspecified atom stereocenters. The number of nitrogens with zero attached hydrogens (tertiary/aromatic N) is 1. The second-order valence-electron chi connectivity index (χ2n) is 6.67. The van der Waals surface area contributed by atoms with Gasteiger partial charge in [-0.15, -0.1) is 0 Å². The third-order valence-corrected chi connectivity index (χ3v) is 4.35. The third-order valence-electron chi connectivity index (χ3n) is 4.35. The standard InChI is InChI=1S/C20H32N2O5/c1-2-3-4-5-6-7-8-9-10-11-14-27-20(26)22(21)19(25)17-13-12-16(23)15-18(17)24/h12-13,15,23-24H,2-11,14,21H2,1H3. The molecule has 1 rings (SSSR count). The first-order chi connectivity index (χ1) is 13.0. The lowest BCUT2D eigenvalue weighted by Crippen LogP contribution is -2.43. The Labute approximate surface area is 161 Å². The van der Waals surface area contributed by atoms with Crippen LogP contribution in [0.3, 0.4) is 0 Å². The maximum Gasteiger partial charge on any atom is 0.431 e. The Morgan fingerprint density at radius 3 is 2.07 bits per heavy atom. The van der Waals surface area contributed by atoms with Gasteiger partial charge in [-0.2, -0.15) is 5.01 Å². The summed E-state index contributed by atoms with van der Waals surface area (Å²) in [6, 6.07) is 3.40. The van der Waals surface area contributed by atoms with Gasteiger partial charge in [0.2, 0.25) is 0 Å². The molecule has 152 valence electrons. The predicted octanol–water partition coefficient (Wildman–Crippen LogP) is 4.47. The molecule has 0 saturated carbocycles. The van der Waals surface area contributed by atoms with E-state index in [-0.39, 0.29) is 17.9 Å². The molecule has 0 fully saturated rings. The number of carbonyl (C=O) groups excluding carboxylic acids is 2. The van der Waals surface area contributed by atoms with Gasteiger partial charge in [0.05, 0.1) is 12.2 Å². The SMILES string of the molecule is CCCCCCCCCCCCOC(=O)N(N)C(=O)c1ccc(O)cc1O. The van der Waals surface area contributed by atoms with Crippen LogP contribution in [0.25, 0.3) is 0 Å². The van der Waals surface area contributed by atoms with Gasteiger partial charge >= 0.3 is 6.09 Å². The minimum absolute atomic E-state index is 0.189. The number of aromatic hydroxyl groups is 2. The van der Waals surface area contributed by atoms with Crippen molar-refractivity contribution in [3.63, 3.8) is 0 Å². The molecule has 0 aliphatic rings. The van der Waals surface area contributed by atoms with Gasteiger partial charge in [-0.3, -0.25) is 4.79 Å². The summed E-state index contributed by atoms with van der Waals surface area (Å²) >= 11 is 0. The first kappa shape index (κ1) is 22.8. The Kier molecular flexibility index (Phi) is 10.9. The molecule has 0 radical (unpaired) electrons. The van der Waals surface area contributed by atoms with Crippen LogP contribution in [0.2, 0.25) is 0 Å². The van der Waals surface area contributed by atoms with Crippen molar-refractivity contribution in [2.45, 2.75) is 71.1 Å². The number of imide groups is 1. The summed E-state index contributed by atoms with van der Waals surface area (Å²) in [6.45, 7) is 2.40. The van der Waals surface area contributed by atoms with Crippen LogP contribution < -0.4 is 5.84 Å². The highest BCUT2D eigenvalue weighted by molar-refractivity contribution is 6.04. The molecular formula is C20H32N2O5. The van der Waals surface area contributed by atoms with Gasteiger partial charge in [-0.05, 0) is 18.6 Å². The molecule has 7 nitrogen and oxygen atoms in total. The smallest absolute Gasteiger partial charge is 0.431 e. The van der Waals surface area contributed by atoms with E-state index in [1.165, 1.54) is 57.1 Å². The molecule has 4 N–H and O–H groups in total. The van der Waals surface area contributed by atoms with E-state index in [0.717, 1.165) is 18.9 Å². The Hall–Kier alpha value is -2.28. The van der Waals surface area contributed by atoms with Crippen molar-refractivity contribution in [1.29, 1.82) is 0 Å². The first-order valence-corrected chi connectivity index (χ1v) is 9.75. The molecule has 1 aromatic rings. The second kappa shape index (κ2) is 13.0. The molecule has 7 heteroatoms. The molecule has 0 bridgehead atoms.